The lowest BCUT2D eigenvalue weighted by molar-refractivity contribution is -0.139. The summed E-state index contributed by atoms with van der Waals surface area (Å²) < 4.78 is 4.89. The van der Waals surface area contributed by atoms with Gasteiger partial charge in [0.2, 0.25) is 0 Å². The summed E-state index contributed by atoms with van der Waals surface area (Å²) in [5.41, 5.74) is 0.503. The van der Waals surface area contributed by atoms with E-state index in [0.29, 0.717) is 11.4 Å². The Labute approximate surface area is 80.3 Å². The monoisotopic (exact) mass is 194 g/mol. The number of anilines is 1. The van der Waals surface area contributed by atoms with Crippen LogP contribution < -0.4 is 10.1 Å². The van der Waals surface area contributed by atoms with Crippen LogP contribution >= 0.6 is 0 Å². The normalized spacial score (nSPS) is 9.14. The molecule has 0 bridgehead atoms. The highest BCUT2D eigenvalue weighted by Crippen LogP contribution is 2.16. The van der Waals surface area contributed by atoms with Gasteiger partial charge in [-0.3, -0.25) is 4.79 Å². The van der Waals surface area contributed by atoms with E-state index in [9.17, 15) is 9.59 Å². The molecule has 0 aliphatic carbocycles. The van der Waals surface area contributed by atoms with Crippen LogP contribution in [0.4, 0.5) is 5.69 Å². The van der Waals surface area contributed by atoms with E-state index in [2.05, 4.69) is 5.32 Å². The van der Waals surface area contributed by atoms with Crippen molar-refractivity contribution >= 4 is 18.1 Å². The van der Waals surface area contributed by atoms with Crippen molar-refractivity contribution in [3.8, 4) is 5.75 Å². The van der Waals surface area contributed by atoms with Crippen molar-refractivity contribution in [2.24, 2.45) is 0 Å². The van der Waals surface area contributed by atoms with Crippen LogP contribution in [0.3, 0.4) is 0 Å². The van der Waals surface area contributed by atoms with Crippen molar-refractivity contribution in [2.45, 2.75) is 0 Å². The smallest absolute Gasteiger partial charge is 0.341 e. The molecule has 0 unspecified atom stereocenters. The fraction of sp³-hybridized carbons (Fsp3) is 0.111. The van der Waals surface area contributed by atoms with Gasteiger partial charge in [-0.05, 0) is 12.1 Å². The van der Waals surface area contributed by atoms with Crippen molar-refractivity contribution in [3.05, 3.63) is 24.3 Å². The average Bonchev–Trinajstić information content (AvgIpc) is 2.16. The molecule has 1 rings (SSSR count). The largest absolute Gasteiger partial charge is 0.482 e. The van der Waals surface area contributed by atoms with Crippen LogP contribution in [0.25, 0.3) is 0 Å². The zero-order valence-corrected chi connectivity index (χ0v) is 7.19. The lowest BCUT2D eigenvalue weighted by atomic mass is 10.3. The lowest BCUT2D eigenvalue weighted by Crippen LogP contribution is -2.09. The minimum Gasteiger partial charge on any atom is -0.482 e. The first-order valence-corrected chi connectivity index (χ1v) is 3.80. The third kappa shape index (κ3) is 3.14. The highest BCUT2D eigenvalue weighted by Gasteiger charge is 1.99. The Hall–Kier alpha value is -2.04. The number of hydrogen-bond donors (Lipinski definition) is 2. The minimum atomic E-state index is -1.05. The topological polar surface area (TPSA) is 75.6 Å². The van der Waals surface area contributed by atoms with Gasteiger partial charge in [-0.25, -0.2) is 4.79 Å². The molecule has 5 nitrogen and oxygen atoms in total. The fourth-order valence-corrected chi connectivity index (χ4v) is 0.868. The predicted octanol–water partition coefficient (Wildman–Crippen LogP) is 0.629. The number of carboxylic acid groups (broad SMARTS) is 1. The van der Waals surface area contributed by atoms with Crippen molar-refractivity contribution in [3.63, 3.8) is 0 Å². The van der Waals surface area contributed by atoms with Gasteiger partial charge in [-0.15, -0.1) is 0 Å². The van der Waals surface area contributed by atoms with E-state index in [4.69, 9.17) is 9.84 Å². The second-order valence-corrected chi connectivity index (χ2v) is 2.44. The molecule has 0 spiro atoms. The summed E-state index contributed by atoms with van der Waals surface area (Å²) in [4.78, 5) is 20.2. The number of carbonyl (C=O) groups is 1. The van der Waals surface area contributed by atoms with Gasteiger partial charge in [-0.1, -0.05) is 6.07 Å². The van der Waals surface area contributed by atoms with Gasteiger partial charge in [-0.2, -0.15) is 0 Å². The summed E-state index contributed by atoms with van der Waals surface area (Å²) in [7, 11) is 0. The van der Waals surface area contributed by atoms with Gasteiger partial charge in [0, 0.05) is 11.8 Å². The van der Waals surface area contributed by atoms with Gasteiger partial charge in [0.15, 0.2) is 6.61 Å². The van der Waals surface area contributed by atoms with Crippen LogP contribution in [-0.2, 0) is 9.59 Å². The lowest BCUT2D eigenvalue weighted by Gasteiger charge is -2.04. The molecule has 0 saturated carbocycles. The number of carboxylic acids is 1. The molecule has 0 heterocycles. The molecule has 1 radical (unpaired) electrons. The number of aliphatic carboxylic acids is 1. The van der Waals surface area contributed by atoms with Gasteiger partial charge in [0.1, 0.15) is 5.75 Å². The van der Waals surface area contributed by atoms with E-state index in [1.807, 2.05) is 0 Å². The van der Waals surface area contributed by atoms with E-state index in [0.717, 1.165) is 0 Å². The molecule has 5 heteroatoms. The molecule has 2 N–H and O–H groups in total. The van der Waals surface area contributed by atoms with Crippen LogP contribution in [0.2, 0.25) is 0 Å². The second kappa shape index (κ2) is 4.86. The van der Waals surface area contributed by atoms with Crippen LogP contribution in [0.5, 0.6) is 5.75 Å². The maximum absolute atomic E-state index is 10.2. The van der Waals surface area contributed by atoms with Crippen LogP contribution in [-0.4, -0.2) is 24.1 Å². The first kappa shape index (κ1) is 10.0. The SMILES string of the molecule is O=[C]Nc1cccc(OCC(=O)O)c1. The highest BCUT2D eigenvalue weighted by atomic mass is 16.5. The number of hydrogen-bond acceptors (Lipinski definition) is 3. The van der Waals surface area contributed by atoms with Crippen molar-refractivity contribution in [2.75, 3.05) is 11.9 Å². The summed E-state index contributed by atoms with van der Waals surface area (Å²) in [6.07, 6.45) is 1.50. The van der Waals surface area contributed by atoms with Crippen molar-refractivity contribution < 1.29 is 19.4 Å². The summed E-state index contributed by atoms with van der Waals surface area (Å²) in [5.74, 6) is -0.669. The number of nitrogens with one attached hydrogen (secondary N) is 1. The maximum Gasteiger partial charge on any atom is 0.341 e. The van der Waals surface area contributed by atoms with E-state index >= 15 is 0 Å². The Balaban J connectivity index is 2.63. The third-order valence-corrected chi connectivity index (χ3v) is 1.39. The number of rotatable bonds is 5. The fourth-order valence-electron chi connectivity index (χ4n) is 0.868. The first-order valence-electron chi connectivity index (χ1n) is 3.80. The van der Waals surface area contributed by atoms with E-state index < -0.39 is 12.6 Å². The molecule has 1 aromatic rings. The zero-order chi connectivity index (χ0) is 10.4. The van der Waals surface area contributed by atoms with Gasteiger partial charge < -0.3 is 15.2 Å². The van der Waals surface area contributed by atoms with Gasteiger partial charge in [0.05, 0.1) is 0 Å². The molecular weight excluding hydrogens is 186 g/mol. The molecule has 0 saturated heterocycles. The molecule has 14 heavy (non-hydrogen) atoms. The molecule has 73 valence electrons. The summed E-state index contributed by atoms with van der Waals surface area (Å²) in [5, 5.41) is 10.6. The number of benzene rings is 1. The van der Waals surface area contributed by atoms with Crippen molar-refractivity contribution in [1.82, 2.24) is 0 Å². The van der Waals surface area contributed by atoms with Gasteiger partial charge >= 0.3 is 12.4 Å². The van der Waals surface area contributed by atoms with Crippen LogP contribution in [0, 0.1) is 0 Å². The van der Waals surface area contributed by atoms with Crippen LogP contribution in [0.1, 0.15) is 0 Å². The van der Waals surface area contributed by atoms with Crippen LogP contribution in [0.15, 0.2) is 24.3 Å². The molecule has 0 aromatic heterocycles. The Morgan fingerprint density at radius 2 is 2.36 bits per heavy atom. The maximum atomic E-state index is 10.2. The molecule has 1 amide bonds. The second-order valence-electron chi connectivity index (χ2n) is 2.44. The first-order chi connectivity index (χ1) is 6.72. The van der Waals surface area contributed by atoms with Crippen molar-refractivity contribution in [1.29, 1.82) is 0 Å². The summed E-state index contributed by atoms with van der Waals surface area (Å²) in [6, 6.07) is 6.38. The predicted molar refractivity (Wildman–Crippen MR) is 48.9 cm³/mol. The Morgan fingerprint density at radius 3 is 3.00 bits per heavy atom. The molecule has 0 aliphatic heterocycles. The van der Waals surface area contributed by atoms with E-state index in [-0.39, 0.29) is 0 Å². The summed E-state index contributed by atoms with van der Waals surface area (Å²) >= 11 is 0. The molecule has 0 atom stereocenters. The number of amides is 1. The molecule has 0 fully saturated rings. The molecule has 1 aromatic carbocycles. The highest BCUT2D eigenvalue weighted by molar-refractivity contribution is 5.72. The van der Waals surface area contributed by atoms with E-state index in [1.165, 1.54) is 12.5 Å². The molecule has 0 aliphatic rings. The quantitative estimate of drug-likeness (QED) is 0.674. The number of carbonyl (C=O) groups excluding carboxylic acids is 1. The average molecular weight is 194 g/mol. The Morgan fingerprint density at radius 1 is 1.57 bits per heavy atom. The minimum absolute atomic E-state index is 0.382. The number of ether oxygens (including phenoxy) is 1. The Bertz CT molecular complexity index is 337. The summed E-state index contributed by atoms with van der Waals surface area (Å²) in [6.45, 7) is -0.408. The molecular formula is C9H8NO4. The van der Waals surface area contributed by atoms with Gasteiger partial charge in [0.25, 0.3) is 0 Å². The third-order valence-electron chi connectivity index (χ3n) is 1.39. The Kier molecular flexibility index (Phi) is 3.49. The zero-order valence-electron chi connectivity index (χ0n) is 7.19. The van der Waals surface area contributed by atoms with E-state index in [1.54, 1.807) is 18.2 Å². The standard InChI is InChI=1S/C9H8NO4/c11-6-10-7-2-1-3-8(4-7)14-5-9(12)13/h1-4H,5H2,(H,10,11)(H,12,13).